The summed E-state index contributed by atoms with van der Waals surface area (Å²) in [6, 6.07) is 16.5. The summed E-state index contributed by atoms with van der Waals surface area (Å²) in [4.78, 5) is 0. The molecule has 0 aliphatic carbocycles. The van der Waals surface area contributed by atoms with Gasteiger partial charge >= 0.3 is 0 Å². The summed E-state index contributed by atoms with van der Waals surface area (Å²) in [5, 5.41) is 3.48. The third-order valence-electron chi connectivity index (χ3n) is 3.13. The predicted octanol–water partition coefficient (Wildman–Crippen LogP) is 5.30. The molecule has 1 unspecified atom stereocenters. The molecule has 0 aliphatic heterocycles. The Morgan fingerprint density at radius 1 is 1.00 bits per heavy atom. The Kier molecular flexibility index (Phi) is 5.62. The highest BCUT2D eigenvalue weighted by molar-refractivity contribution is 9.10. The lowest BCUT2D eigenvalue weighted by atomic mass is 10.1. The van der Waals surface area contributed by atoms with Crippen LogP contribution < -0.4 is 10.1 Å². The second-order valence-electron chi connectivity index (χ2n) is 4.80. The standard InChI is InChI=1S/C17H20BrNO/c1-3-12-19-13(2)14-4-8-16(9-5-14)20-17-10-6-15(18)7-11-17/h4-11,13,19H,3,12H2,1-2H3. The van der Waals surface area contributed by atoms with Crippen molar-refractivity contribution in [3.63, 3.8) is 0 Å². The van der Waals surface area contributed by atoms with Crippen molar-refractivity contribution in [3.05, 3.63) is 58.6 Å². The van der Waals surface area contributed by atoms with E-state index in [1.54, 1.807) is 0 Å². The number of ether oxygens (including phenoxy) is 1. The van der Waals surface area contributed by atoms with Gasteiger partial charge in [0.15, 0.2) is 0 Å². The van der Waals surface area contributed by atoms with Gasteiger partial charge < -0.3 is 10.1 Å². The van der Waals surface area contributed by atoms with Crippen molar-refractivity contribution in [3.8, 4) is 11.5 Å². The van der Waals surface area contributed by atoms with E-state index in [-0.39, 0.29) is 0 Å². The van der Waals surface area contributed by atoms with Gasteiger partial charge in [-0.3, -0.25) is 0 Å². The number of benzene rings is 2. The van der Waals surface area contributed by atoms with E-state index in [0.717, 1.165) is 28.9 Å². The monoisotopic (exact) mass is 333 g/mol. The zero-order valence-electron chi connectivity index (χ0n) is 11.9. The SMILES string of the molecule is CCCNC(C)c1ccc(Oc2ccc(Br)cc2)cc1. The lowest BCUT2D eigenvalue weighted by molar-refractivity contribution is 0.481. The Morgan fingerprint density at radius 3 is 2.10 bits per heavy atom. The first kappa shape index (κ1) is 15.1. The second-order valence-corrected chi connectivity index (χ2v) is 5.72. The summed E-state index contributed by atoms with van der Waals surface area (Å²) < 4.78 is 6.86. The van der Waals surface area contributed by atoms with Crippen LogP contribution in [0.15, 0.2) is 53.0 Å². The van der Waals surface area contributed by atoms with Crippen molar-refractivity contribution >= 4 is 15.9 Å². The minimum Gasteiger partial charge on any atom is -0.457 e. The van der Waals surface area contributed by atoms with Gasteiger partial charge in [0.25, 0.3) is 0 Å². The van der Waals surface area contributed by atoms with E-state index in [1.807, 2.05) is 36.4 Å². The van der Waals surface area contributed by atoms with Gasteiger partial charge in [-0.2, -0.15) is 0 Å². The van der Waals surface area contributed by atoms with E-state index < -0.39 is 0 Å². The Hall–Kier alpha value is -1.32. The van der Waals surface area contributed by atoms with Gasteiger partial charge in [-0.1, -0.05) is 35.0 Å². The first-order valence-electron chi connectivity index (χ1n) is 6.96. The maximum Gasteiger partial charge on any atom is 0.127 e. The summed E-state index contributed by atoms with van der Waals surface area (Å²) in [6.45, 7) is 5.40. The zero-order chi connectivity index (χ0) is 14.4. The average molecular weight is 334 g/mol. The third kappa shape index (κ3) is 4.36. The van der Waals surface area contributed by atoms with Crippen LogP contribution in [0.3, 0.4) is 0 Å². The molecular formula is C17H20BrNO. The Bertz CT molecular complexity index is 522. The summed E-state index contributed by atoms with van der Waals surface area (Å²) >= 11 is 3.41. The molecule has 0 saturated carbocycles. The van der Waals surface area contributed by atoms with Crippen LogP contribution in [0, 0.1) is 0 Å². The summed E-state index contributed by atoms with van der Waals surface area (Å²) in [6.07, 6.45) is 1.15. The fraction of sp³-hybridized carbons (Fsp3) is 0.294. The van der Waals surface area contributed by atoms with Gasteiger partial charge in [0.05, 0.1) is 0 Å². The molecule has 2 aromatic rings. The highest BCUT2D eigenvalue weighted by Crippen LogP contribution is 2.24. The van der Waals surface area contributed by atoms with Crippen molar-refractivity contribution < 1.29 is 4.74 Å². The van der Waals surface area contributed by atoms with Crippen LogP contribution in [0.1, 0.15) is 31.9 Å². The van der Waals surface area contributed by atoms with Gasteiger partial charge in [0, 0.05) is 10.5 Å². The molecule has 0 aliphatic rings. The molecule has 2 aromatic carbocycles. The zero-order valence-corrected chi connectivity index (χ0v) is 13.5. The largest absolute Gasteiger partial charge is 0.457 e. The lowest BCUT2D eigenvalue weighted by Gasteiger charge is -2.14. The van der Waals surface area contributed by atoms with Crippen LogP contribution in [-0.4, -0.2) is 6.54 Å². The molecule has 0 fully saturated rings. The van der Waals surface area contributed by atoms with E-state index in [1.165, 1.54) is 5.56 Å². The minimum absolute atomic E-state index is 0.372. The molecule has 2 nitrogen and oxygen atoms in total. The van der Waals surface area contributed by atoms with Crippen molar-refractivity contribution in [2.75, 3.05) is 6.54 Å². The van der Waals surface area contributed by atoms with Crippen molar-refractivity contribution in [2.24, 2.45) is 0 Å². The Morgan fingerprint density at radius 2 is 1.55 bits per heavy atom. The second kappa shape index (κ2) is 7.46. The number of hydrogen-bond acceptors (Lipinski definition) is 2. The van der Waals surface area contributed by atoms with Gasteiger partial charge in [0.1, 0.15) is 11.5 Å². The van der Waals surface area contributed by atoms with Crippen molar-refractivity contribution in [2.45, 2.75) is 26.3 Å². The van der Waals surface area contributed by atoms with Crippen molar-refractivity contribution in [1.29, 1.82) is 0 Å². The predicted molar refractivity (Wildman–Crippen MR) is 87.4 cm³/mol. The van der Waals surface area contributed by atoms with Crippen LogP contribution in [0.5, 0.6) is 11.5 Å². The van der Waals surface area contributed by atoms with Gasteiger partial charge in [-0.05, 0) is 61.9 Å². The first-order valence-corrected chi connectivity index (χ1v) is 7.75. The summed E-state index contributed by atoms with van der Waals surface area (Å²) in [7, 11) is 0. The molecule has 0 bridgehead atoms. The lowest BCUT2D eigenvalue weighted by Crippen LogP contribution is -2.19. The number of halogens is 1. The molecule has 0 heterocycles. The molecule has 3 heteroatoms. The normalized spacial score (nSPS) is 12.2. The third-order valence-corrected chi connectivity index (χ3v) is 3.66. The van der Waals surface area contributed by atoms with E-state index in [9.17, 15) is 0 Å². The Labute approximate surface area is 129 Å². The summed E-state index contributed by atoms with van der Waals surface area (Å²) in [5.74, 6) is 1.71. The first-order chi connectivity index (χ1) is 9.69. The maximum atomic E-state index is 5.81. The fourth-order valence-electron chi connectivity index (χ4n) is 1.94. The molecule has 0 amide bonds. The maximum absolute atomic E-state index is 5.81. The Balaban J connectivity index is 1.99. The number of nitrogens with one attached hydrogen (secondary N) is 1. The van der Waals surface area contributed by atoms with Crippen LogP contribution in [0.2, 0.25) is 0 Å². The van der Waals surface area contributed by atoms with Crippen LogP contribution >= 0.6 is 15.9 Å². The van der Waals surface area contributed by atoms with Gasteiger partial charge in [-0.15, -0.1) is 0 Å². The van der Waals surface area contributed by atoms with Gasteiger partial charge in [-0.25, -0.2) is 0 Å². The molecule has 2 rings (SSSR count). The fourth-order valence-corrected chi connectivity index (χ4v) is 2.21. The highest BCUT2D eigenvalue weighted by atomic mass is 79.9. The summed E-state index contributed by atoms with van der Waals surface area (Å²) in [5.41, 5.74) is 1.28. The molecule has 106 valence electrons. The molecule has 1 N–H and O–H groups in total. The highest BCUT2D eigenvalue weighted by Gasteiger charge is 2.04. The molecule has 0 saturated heterocycles. The molecule has 20 heavy (non-hydrogen) atoms. The average Bonchev–Trinajstić information content (AvgIpc) is 2.48. The molecule has 1 atom stereocenters. The van der Waals surface area contributed by atoms with Gasteiger partial charge in [0.2, 0.25) is 0 Å². The molecule has 0 radical (unpaired) electrons. The van der Waals surface area contributed by atoms with Crippen molar-refractivity contribution in [1.82, 2.24) is 5.32 Å². The number of rotatable bonds is 6. The quantitative estimate of drug-likeness (QED) is 0.774. The number of hydrogen-bond donors (Lipinski definition) is 1. The van der Waals surface area contributed by atoms with E-state index in [0.29, 0.717) is 6.04 Å². The molecular weight excluding hydrogens is 314 g/mol. The topological polar surface area (TPSA) is 21.3 Å². The van der Waals surface area contributed by atoms with Crippen LogP contribution in [-0.2, 0) is 0 Å². The van der Waals surface area contributed by atoms with E-state index in [4.69, 9.17) is 4.74 Å². The van der Waals surface area contributed by atoms with Crippen LogP contribution in [0.25, 0.3) is 0 Å². The van der Waals surface area contributed by atoms with E-state index >= 15 is 0 Å². The smallest absolute Gasteiger partial charge is 0.127 e. The minimum atomic E-state index is 0.372. The van der Waals surface area contributed by atoms with E-state index in [2.05, 4.69) is 47.2 Å². The molecule has 0 aromatic heterocycles. The molecule has 0 spiro atoms. The van der Waals surface area contributed by atoms with Crippen LogP contribution in [0.4, 0.5) is 0 Å².